The Morgan fingerprint density at radius 1 is 1.03 bits per heavy atom. The van der Waals surface area contributed by atoms with Crippen LogP contribution in [0.2, 0.25) is 0 Å². The Balaban J connectivity index is 1.82. The zero-order valence-corrected chi connectivity index (χ0v) is 17.3. The summed E-state index contributed by atoms with van der Waals surface area (Å²) in [6.45, 7) is -0.159. The molecule has 0 N–H and O–H groups in total. The number of aromatic nitrogens is 2. The van der Waals surface area contributed by atoms with E-state index >= 15 is 0 Å². The second kappa shape index (κ2) is 8.09. The fraction of sp³-hybridized carbons (Fsp3) is 0.304. The van der Waals surface area contributed by atoms with Gasteiger partial charge in [-0.2, -0.15) is 18.3 Å². The summed E-state index contributed by atoms with van der Waals surface area (Å²) in [5.41, 5.74) is 0.0178. The summed E-state index contributed by atoms with van der Waals surface area (Å²) >= 11 is 0. The van der Waals surface area contributed by atoms with Gasteiger partial charge in [0.1, 0.15) is 5.82 Å². The molecule has 2 aromatic carbocycles. The number of hydrogen-bond donors (Lipinski definition) is 0. The monoisotopic (exact) mass is 428 g/mol. The van der Waals surface area contributed by atoms with Gasteiger partial charge in [0, 0.05) is 31.3 Å². The van der Waals surface area contributed by atoms with Crippen molar-refractivity contribution in [3.63, 3.8) is 0 Å². The number of benzene rings is 2. The number of carbonyl (C=O) groups excluding carboxylic acids is 1. The van der Waals surface area contributed by atoms with Gasteiger partial charge in [0.05, 0.1) is 12.2 Å². The van der Waals surface area contributed by atoms with Crippen molar-refractivity contribution >= 4 is 11.7 Å². The molecule has 0 saturated heterocycles. The number of alkyl halides is 3. The van der Waals surface area contributed by atoms with Crippen molar-refractivity contribution < 1.29 is 18.0 Å². The molecular formula is C23H23F3N4O. The van der Waals surface area contributed by atoms with Crippen molar-refractivity contribution in [3.05, 3.63) is 77.5 Å². The van der Waals surface area contributed by atoms with E-state index in [1.165, 1.54) is 4.68 Å². The summed E-state index contributed by atoms with van der Waals surface area (Å²) in [6, 6.07) is 17.3. The molecular weight excluding hydrogens is 405 g/mol. The molecule has 8 heteroatoms. The molecule has 0 unspecified atom stereocenters. The van der Waals surface area contributed by atoms with Gasteiger partial charge >= 0.3 is 6.18 Å². The Kier molecular flexibility index (Phi) is 5.47. The standard InChI is InChI=1S/C23H23F3N4O/c1-28(2)21-19(15-29(17-13-14-17)22(31)16-9-5-3-6-10-16)20(23(24,25)26)27-30(21)18-11-7-4-8-12-18/h3-12,17H,13-15H2,1-2H3. The fourth-order valence-electron chi connectivity index (χ4n) is 3.69. The maximum atomic E-state index is 14.0. The largest absolute Gasteiger partial charge is 0.435 e. The zero-order chi connectivity index (χ0) is 22.2. The number of para-hydroxylation sites is 1. The Morgan fingerprint density at radius 2 is 1.61 bits per heavy atom. The van der Waals surface area contributed by atoms with Gasteiger partial charge in [-0.1, -0.05) is 36.4 Å². The van der Waals surface area contributed by atoms with Crippen LogP contribution in [0, 0.1) is 0 Å². The van der Waals surface area contributed by atoms with Crippen LogP contribution in [0.25, 0.3) is 5.69 Å². The van der Waals surface area contributed by atoms with Gasteiger partial charge in [-0.15, -0.1) is 0 Å². The van der Waals surface area contributed by atoms with Crippen LogP contribution in [-0.4, -0.2) is 40.7 Å². The lowest BCUT2D eigenvalue weighted by molar-refractivity contribution is -0.142. The average Bonchev–Trinajstić information content (AvgIpc) is 3.51. The number of amides is 1. The molecule has 1 aromatic heterocycles. The lowest BCUT2D eigenvalue weighted by atomic mass is 10.1. The lowest BCUT2D eigenvalue weighted by Gasteiger charge is -2.25. The normalized spacial score (nSPS) is 13.8. The second-order valence-electron chi connectivity index (χ2n) is 7.82. The topological polar surface area (TPSA) is 41.4 Å². The van der Waals surface area contributed by atoms with Crippen LogP contribution in [0.15, 0.2) is 60.7 Å². The average molecular weight is 428 g/mol. The molecule has 3 aromatic rings. The van der Waals surface area contributed by atoms with Crippen molar-refractivity contribution in [2.75, 3.05) is 19.0 Å². The first-order chi connectivity index (χ1) is 14.8. The first-order valence-corrected chi connectivity index (χ1v) is 10.0. The highest BCUT2D eigenvalue weighted by Crippen LogP contribution is 2.39. The number of carbonyl (C=O) groups is 1. The molecule has 1 saturated carbocycles. The van der Waals surface area contributed by atoms with Crippen molar-refractivity contribution in [2.45, 2.75) is 31.6 Å². The second-order valence-corrected chi connectivity index (χ2v) is 7.82. The SMILES string of the molecule is CN(C)c1c(CN(C(=O)c2ccccc2)C2CC2)c(C(F)(F)F)nn1-c1ccccc1. The Bertz CT molecular complexity index is 1060. The first kappa shape index (κ1) is 21.0. The van der Waals surface area contributed by atoms with Crippen molar-refractivity contribution in [3.8, 4) is 5.69 Å². The van der Waals surface area contributed by atoms with E-state index < -0.39 is 11.9 Å². The fourth-order valence-corrected chi connectivity index (χ4v) is 3.69. The van der Waals surface area contributed by atoms with Crippen LogP contribution < -0.4 is 4.90 Å². The smallest absolute Gasteiger partial charge is 0.362 e. The minimum Gasteiger partial charge on any atom is -0.362 e. The van der Waals surface area contributed by atoms with Crippen molar-refractivity contribution in [2.24, 2.45) is 0 Å². The van der Waals surface area contributed by atoms with E-state index in [0.717, 1.165) is 12.8 Å². The Morgan fingerprint density at radius 3 is 2.13 bits per heavy atom. The third kappa shape index (κ3) is 4.28. The molecule has 0 radical (unpaired) electrons. The molecule has 1 aliphatic carbocycles. The van der Waals surface area contributed by atoms with Crippen LogP contribution in [0.3, 0.4) is 0 Å². The summed E-state index contributed by atoms with van der Waals surface area (Å²) in [5.74, 6) is 0.0402. The van der Waals surface area contributed by atoms with E-state index in [1.807, 2.05) is 0 Å². The predicted octanol–water partition coefficient (Wildman–Crippen LogP) is 4.76. The van der Waals surface area contributed by atoms with Gasteiger partial charge in [0.25, 0.3) is 5.91 Å². The molecule has 1 amide bonds. The Hall–Kier alpha value is -3.29. The minimum atomic E-state index is -4.65. The highest BCUT2D eigenvalue weighted by Gasteiger charge is 2.42. The van der Waals surface area contributed by atoms with E-state index in [1.54, 1.807) is 84.6 Å². The van der Waals surface area contributed by atoms with Gasteiger partial charge in [0.15, 0.2) is 5.69 Å². The molecule has 5 nitrogen and oxygen atoms in total. The lowest BCUT2D eigenvalue weighted by Crippen LogP contribution is -2.33. The molecule has 0 spiro atoms. The zero-order valence-electron chi connectivity index (χ0n) is 17.3. The number of anilines is 1. The van der Waals surface area contributed by atoms with Crippen LogP contribution in [-0.2, 0) is 12.7 Å². The number of hydrogen-bond acceptors (Lipinski definition) is 3. The molecule has 1 aliphatic rings. The van der Waals surface area contributed by atoms with Crippen molar-refractivity contribution in [1.82, 2.24) is 14.7 Å². The third-order valence-corrected chi connectivity index (χ3v) is 5.25. The molecule has 31 heavy (non-hydrogen) atoms. The molecule has 1 fully saturated rings. The van der Waals surface area contributed by atoms with Crippen LogP contribution in [0.1, 0.15) is 34.5 Å². The highest BCUT2D eigenvalue weighted by atomic mass is 19.4. The molecule has 0 atom stereocenters. The summed E-state index contributed by atoms with van der Waals surface area (Å²) in [5, 5.41) is 3.95. The molecule has 0 bridgehead atoms. The number of nitrogens with zero attached hydrogens (tertiary/aromatic N) is 4. The predicted molar refractivity (Wildman–Crippen MR) is 112 cm³/mol. The van der Waals surface area contributed by atoms with Gasteiger partial charge in [-0.25, -0.2) is 4.68 Å². The van der Waals surface area contributed by atoms with E-state index in [9.17, 15) is 18.0 Å². The van der Waals surface area contributed by atoms with E-state index in [-0.39, 0.29) is 24.1 Å². The van der Waals surface area contributed by atoms with E-state index in [4.69, 9.17) is 0 Å². The molecule has 1 heterocycles. The van der Waals surface area contributed by atoms with Gasteiger partial charge in [-0.05, 0) is 37.1 Å². The van der Waals surface area contributed by atoms with E-state index in [0.29, 0.717) is 17.1 Å². The van der Waals surface area contributed by atoms with Crippen LogP contribution >= 0.6 is 0 Å². The summed E-state index contributed by atoms with van der Waals surface area (Å²) in [6.07, 6.45) is -3.08. The highest BCUT2D eigenvalue weighted by molar-refractivity contribution is 5.94. The van der Waals surface area contributed by atoms with Gasteiger partial charge in [-0.3, -0.25) is 4.79 Å². The maximum absolute atomic E-state index is 14.0. The Labute approximate surface area is 178 Å². The summed E-state index contributed by atoms with van der Waals surface area (Å²) in [7, 11) is 3.36. The number of rotatable bonds is 6. The van der Waals surface area contributed by atoms with Crippen LogP contribution in [0.5, 0.6) is 0 Å². The number of halogens is 3. The first-order valence-electron chi connectivity index (χ1n) is 10.0. The van der Waals surface area contributed by atoms with E-state index in [2.05, 4.69) is 5.10 Å². The van der Waals surface area contributed by atoms with Crippen molar-refractivity contribution in [1.29, 1.82) is 0 Å². The molecule has 0 aliphatic heterocycles. The molecule has 4 rings (SSSR count). The molecule has 162 valence electrons. The summed E-state index contributed by atoms with van der Waals surface area (Å²) in [4.78, 5) is 16.3. The maximum Gasteiger partial charge on any atom is 0.435 e. The summed E-state index contributed by atoms with van der Waals surface area (Å²) < 4.78 is 43.3. The minimum absolute atomic E-state index is 0.00228. The van der Waals surface area contributed by atoms with Gasteiger partial charge in [0.2, 0.25) is 0 Å². The van der Waals surface area contributed by atoms with Gasteiger partial charge < -0.3 is 9.80 Å². The third-order valence-electron chi connectivity index (χ3n) is 5.25. The quantitative estimate of drug-likeness (QED) is 0.568. The van der Waals surface area contributed by atoms with Crippen LogP contribution in [0.4, 0.5) is 19.0 Å².